The average molecular weight is 296 g/mol. The summed E-state index contributed by atoms with van der Waals surface area (Å²) in [4.78, 5) is 2.42. The third kappa shape index (κ3) is 7.02. The molecule has 0 aromatic heterocycles. The van der Waals surface area contributed by atoms with Gasteiger partial charge < -0.3 is 15.3 Å². The lowest BCUT2D eigenvalue weighted by atomic mass is 10.1. The number of benzene rings is 1. The third-order valence-corrected chi connectivity index (χ3v) is 3.92. The molecule has 0 saturated carbocycles. The minimum atomic E-state index is -0.587. The Morgan fingerprint density at radius 2 is 1.81 bits per heavy atom. The zero-order valence-electron chi connectivity index (χ0n) is 13.5. The number of aliphatic hydroxyl groups excluding tert-OH is 1. The first-order valence-corrected chi connectivity index (χ1v) is 7.96. The van der Waals surface area contributed by atoms with Crippen LogP contribution in [0.4, 0.5) is 4.39 Å². The smallest absolute Gasteiger partial charge is 0.123 e. The minimum Gasteiger partial charge on any atom is -0.387 e. The van der Waals surface area contributed by atoms with E-state index in [0.717, 1.165) is 38.0 Å². The molecule has 0 radical (unpaired) electrons. The van der Waals surface area contributed by atoms with Crippen LogP contribution in [0.1, 0.15) is 45.3 Å². The van der Waals surface area contributed by atoms with Crippen LogP contribution in [0.25, 0.3) is 0 Å². The topological polar surface area (TPSA) is 35.5 Å². The van der Waals surface area contributed by atoms with Crippen LogP contribution in [-0.2, 0) is 0 Å². The van der Waals surface area contributed by atoms with Gasteiger partial charge in [0.25, 0.3) is 0 Å². The largest absolute Gasteiger partial charge is 0.387 e. The first-order valence-electron chi connectivity index (χ1n) is 7.96. The molecule has 1 rings (SSSR count). The molecule has 1 aromatic rings. The SMILES string of the molecule is CCN(CC)CCCC(C)NCC(O)c1ccc(F)cc1. The fourth-order valence-corrected chi connectivity index (χ4v) is 2.38. The minimum absolute atomic E-state index is 0.274. The molecule has 0 spiro atoms. The van der Waals surface area contributed by atoms with E-state index < -0.39 is 6.10 Å². The summed E-state index contributed by atoms with van der Waals surface area (Å²) >= 11 is 0. The highest BCUT2D eigenvalue weighted by Gasteiger charge is 2.10. The molecule has 0 bridgehead atoms. The highest BCUT2D eigenvalue weighted by atomic mass is 19.1. The lowest BCUT2D eigenvalue weighted by Crippen LogP contribution is -2.32. The van der Waals surface area contributed by atoms with E-state index >= 15 is 0 Å². The zero-order chi connectivity index (χ0) is 15.7. The number of aliphatic hydroxyl groups is 1. The summed E-state index contributed by atoms with van der Waals surface area (Å²) in [6.07, 6.45) is 1.66. The van der Waals surface area contributed by atoms with Crippen molar-refractivity contribution >= 4 is 0 Å². The quantitative estimate of drug-likeness (QED) is 0.697. The summed E-state index contributed by atoms with van der Waals surface area (Å²) in [5, 5.41) is 13.4. The highest BCUT2D eigenvalue weighted by molar-refractivity contribution is 5.18. The summed E-state index contributed by atoms with van der Waals surface area (Å²) in [7, 11) is 0. The molecule has 2 unspecified atom stereocenters. The molecule has 1 aromatic carbocycles. The number of halogens is 1. The van der Waals surface area contributed by atoms with E-state index in [1.807, 2.05) is 0 Å². The van der Waals surface area contributed by atoms with E-state index in [0.29, 0.717) is 12.6 Å². The number of nitrogens with zero attached hydrogens (tertiary/aromatic N) is 1. The molecule has 0 aliphatic carbocycles. The Morgan fingerprint density at radius 1 is 1.19 bits per heavy atom. The maximum atomic E-state index is 12.8. The van der Waals surface area contributed by atoms with Crippen molar-refractivity contribution in [3.05, 3.63) is 35.6 Å². The number of nitrogens with one attached hydrogen (secondary N) is 1. The predicted octanol–water partition coefficient (Wildman–Crippen LogP) is 2.96. The molecule has 0 fully saturated rings. The summed E-state index contributed by atoms with van der Waals surface area (Å²) in [6, 6.07) is 6.40. The number of rotatable bonds is 10. The van der Waals surface area contributed by atoms with Gasteiger partial charge in [0.15, 0.2) is 0 Å². The van der Waals surface area contributed by atoms with E-state index in [4.69, 9.17) is 0 Å². The maximum Gasteiger partial charge on any atom is 0.123 e. The monoisotopic (exact) mass is 296 g/mol. The van der Waals surface area contributed by atoms with Gasteiger partial charge in [0.05, 0.1) is 6.10 Å². The second-order valence-electron chi connectivity index (χ2n) is 5.55. The van der Waals surface area contributed by atoms with Crippen molar-refractivity contribution in [1.82, 2.24) is 10.2 Å². The molecule has 0 aliphatic rings. The molecule has 4 heteroatoms. The molecule has 0 aliphatic heterocycles. The molecular weight excluding hydrogens is 267 g/mol. The summed E-state index contributed by atoms with van der Waals surface area (Å²) in [5.41, 5.74) is 0.749. The van der Waals surface area contributed by atoms with Gasteiger partial charge in [-0.2, -0.15) is 0 Å². The molecule has 21 heavy (non-hydrogen) atoms. The Morgan fingerprint density at radius 3 is 2.38 bits per heavy atom. The van der Waals surface area contributed by atoms with Gasteiger partial charge in [-0.1, -0.05) is 26.0 Å². The number of hydrogen-bond donors (Lipinski definition) is 2. The van der Waals surface area contributed by atoms with Crippen LogP contribution in [0.5, 0.6) is 0 Å². The zero-order valence-corrected chi connectivity index (χ0v) is 13.5. The predicted molar refractivity (Wildman–Crippen MR) is 85.8 cm³/mol. The molecule has 2 N–H and O–H groups in total. The normalized spacial score (nSPS) is 14.4. The van der Waals surface area contributed by atoms with Crippen molar-refractivity contribution in [1.29, 1.82) is 0 Å². The van der Waals surface area contributed by atoms with E-state index in [9.17, 15) is 9.50 Å². The van der Waals surface area contributed by atoms with Crippen molar-refractivity contribution < 1.29 is 9.50 Å². The number of hydrogen-bond acceptors (Lipinski definition) is 3. The van der Waals surface area contributed by atoms with Crippen molar-refractivity contribution in [3.8, 4) is 0 Å². The van der Waals surface area contributed by atoms with E-state index in [-0.39, 0.29) is 5.82 Å². The molecule has 0 amide bonds. The van der Waals surface area contributed by atoms with Crippen LogP contribution in [-0.4, -0.2) is 42.2 Å². The van der Waals surface area contributed by atoms with E-state index in [2.05, 4.69) is 31.0 Å². The van der Waals surface area contributed by atoms with Gasteiger partial charge in [-0.05, 0) is 57.1 Å². The molecular formula is C17H29FN2O. The van der Waals surface area contributed by atoms with E-state index in [1.54, 1.807) is 12.1 Å². The fraction of sp³-hybridized carbons (Fsp3) is 0.647. The highest BCUT2D eigenvalue weighted by Crippen LogP contribution is 2.13. The lowest BCUT2D eigenvalue weighted by Gasteiger charge is -2.20. The van der Waals surface area contributed by atoms with Gasteiger partial charge in [-0.15, -0.1) is 0 Å². The molecule has 0 heterocycles. The second-order valence-corrected chi connectivity index (χ2v) is 5.55. The Bertz CT molecular complexity index is 379. The average Bonchev–Trinajstić information content (AvgIpc) is 2.50. The Labute approximate surface area is 128 Å². The van der Waals surface area contributed by atoms with Crippen LogP contribution >= 0.6 is 0 Å². The van der Waals surface area contributed by atoms with Crippen molar-refractivity contribution in [2.24, 2.45) is 0 Å². The first kappa shape index (κ1) is 18.1. The van der Waals surface area contributed by atoms with Crippen molar-refractivity contribution in [2.75, 3.05) is 26.2 Å². The maximum absolute atomic E-state index is 12.8. The van der Waals surface area contributed by atoms with Crippen LogP contribution < -0.4 is 5.32 Å². The Balaban J connectivity index is 2.23. The van der Waals surface area contributed by atoms with E-state index in [1.165, 1.54) is 12.1 Å². The third-order valence-electron chi connectivity index (χ3n) is 3.92. The van der Waals surface area contributed by atoms with Gasteiger partial charge in [0.2, 0.25) is 0 Å². The van der Waals surface area contributed by atoms with Crippen LogP contribution in [0, 0.1) is 5.82 Å². The lowest BCUT2D eigenvalue weighted by molar-refractivity contribution is 0.169. The molecule has 120 valence electrons. The summed E-state index contributed by atoms with van der Waals surface area (Å²) < 4.78 is 12.8. The molecule has 2 atom stereocenters. The fourth-order valence-electron chi connectivity index (χ4n) is 2.38. The van der Waals surface area contributed by atoms with Crippen molar-refractivity contribution in [3.63, 3.8) is 0 Å². The first-order chi connectivity index (χ1) is 10.1. The second kappa shape index (κ2) is 9.87. The molecule has 0 saturated heterocycles. The van der Waals surface area contributed by atoms with Gasteiger partial charge in [-0.3, -0.25) is 0 Å². The summed E-state index contributed by atoms with van der Waals surface area (Å²) in [6.45, 7) is 10.3. The van der Waals surface area contributed by atoms with Crippen LogP contribution in [0.3, 0.4) is 0 Å². The van der Waals surface area contributed by atoms with Crippen molar-refractivity contribution in [2.45, 2.75) is 45.8 Å². The standard InChI is InChI=1S/C17H29FN2O/c1-4-20(5-2)12-6-7-14(3)19-13-17(21)15-8-10-16(18)11-9-15/h8-11,14,17,19,21H,4-7,12-13H2,1-3H3. The molecule has 3 nitrogen and oxygen atoms in total. The van der Waals surface area contributed by atoms with Gasteiger partial charge >= 0.3 is 0 Å². The summed E-state index contributed by atoms with van der Waals surface area (Å²) in [5.74, 6) is -0.274. The van der Waals surface area contributed by atoms with Gasteiger partial charge in [-0.25, -0.2) is 4.39 Å². The Kier molecular flexibility index (Phi) is 8.50. The van der Waals surface area contributed by atoms with Gasteiger partial charge in [0.1, 0.15) is 5.82 Å². The Hall–Kier alpha value is -0.970. The van der Waals surface area contributed by atoms with Gasteiger partial charge in [0, 0.05) is 12.6 Å². The van der Waals surface area contributed by atoms with Crippen LogP contribution in [0.2, 0.25) is 0 Å². The van der Waals surface area contributed by atoms with Crippen LogP contribution in [0.15, 0.2) is 24.3 Å².